The summed E-state index contributed by atoms with van der Waals surface area (Å²) in [4.78, 5) is 11.8. The van der Waals surface area contributed by atoms with Crippen molar-refractivity contribution in [3.05, 3.63) is 18.2 Å². The Hall–Kier alpha value is -1.50. The Morgan fingerprint density at radius 3 is 2.95 bits per heavy atom. The molecule has 0 fully saturated rings. The summed E-state index contributed by atoms with van der Waals surface area (Å²) in [6, 6.07) is 5.43. The summed E-state index contributed by atoms with van der Waals surface area (Å²) >= 11 is 0. The average Bonchev–Trinajstić information content (AvgIpc) is 2.44. The van der Waals surface area contributed by atoms with Crippen molar-refractivity contribution in [1.29, 1.82) is 0 Å². The molecule has 1 aliphatic rings. The van der Waals surface area contributed by atoms with Crippen molar-refractivity contribution in [2.45, 2.75) is 0 Å². The number of fused-ring (bicyclic) bond motifs is 1. The van der Waals surface area contributed by atoms with Crippen molar-refractivity contribution in [2.75, 3.05) is 45.3 Å². The fraction of sp³-hybridized carbons (Fsp3) is 0.462. The van der Waals surface area contributed by atoms with Crippen LogP contribution in [0.2, 0.25) is 0 Å². The third kappa shape index (κ3) is 4.56. The van der Waals surface area contributed by atoms with Gasteiger partial charge in [0, 0.05) is 13.7 Å². The molecule has 1 aliphatic heterocycles. The Morgan fingerprint density at radius 1 is 1.35 bits per heavy atom. The van der Waals surface area contributed by atoms with Gasteiger partial charge in [-0.2, -0.15) is 0 Å². The van der Waals surface area contributed by atoms with Gasteiger partial charge in [-0.15, -0.1) is 12.4 Å². The Balaban J connectivity index is 0.00000200. The van der Waals surface area contributed by atoms with E-state index in [9.17, 15) is 4.79 Å². The lowest BCUT2D eigenvalue weighted by Gasteiger charge is -2.21. The molecule has 0 radical (unpaired) electrons. The minimum absolute atomic E-state index is 0. The minimum atomic E-state index is -0.126. The normalized spacial score (nSPS) is 12.4. The Morgan fingerprint density at radius 2 is 2.15 bits per heavy atom. The van der Waals surface area contributed by atoms with Gasteiger partial charge in [-0.25, -0.2) is 0 Å². The predicted molar refractivity (Wildman–Crippen MR) is 78.1 cm³/mol. The van der Waals surface area contributed by atoms with E-state index in [1.165, 1.54) is 0 Å². The summed E-state index contributed by atoms with van der Waals surface area (Å²) in [5.74, 6) is 1.13. The van der Waals surface area contributed by atoms with E-state index < -0.39 is 0 Å². The standard InChI is InChI=1S/C13H18N2O4.ClH/c1-17-6-5-14-9-12(16)15-10-3-2-4-11-13(10)19-8-7-18-11;/h2-4,14H,5-9H2,1H3,(H,15,16);1H. The molecule has 1 heterocycles. The number of carbonyl (C=O) groups is 1. The van der Waals surface area contributed by atoms with Crippen LogP contribution in [0, 0.1) is 0 Å². The van der Waals surface area contributed by atoms with Crippen LogP contribution in [0.1, 0.15) is 0 Å². The summed E-state index contributed by atoms with van der Waals surface area (Å²) in [6.07, 6.45) is 0. The van der Waals surface area contributed by atoms with Crippen LogP contribution < -0.4 is 20.1 Å². The third-order valence-corrected chi connectivity index (χ3v) is 2.61. The van der Waals surface area contributed by atoms with Gasteiger partial charge in [-0.05, 0) is 12.1 Å². The number of amides is 1. The number of halogens is 1. The maximum absolute atomic E-state index is 11.8. The van der Waals surface area contributed by atoms with E-state index in [-0.39, 0.29) is 24.9 Å². The third-order valence-electron chi connectivity index (χ3n) is 2.61. The molecule has 0 spiro atoms. The van der Waals surface area contributed by atoms with Gasteiger partial charge in [0.1, 0.15) is 13.2 Å². The van der Waals surface area contributed by atoms with Gasteiger partial charge in [0.2, 0.25) is 5.91 Å². The average molecular weight is 303 g/mol. The second-order valence-corrected chi connectivity index (χ2v) is 4.05. The molecule has 7 heteroatoms. The number of anilines is 1. The maximum Gasteiger partial charge on any atom is 0.238 e. The van der Waals surface area contributed by atoms with Crippen molar-refractivity contribution < 1.29 is 19.0 Å². The smallest absolute Gasteiger partial charge is 0.238 e. The number of para-hydroxylation sites is 1. The molecule has 6 nitrogen and oxygen atoms in total. The molecular weight excluding hydrogens is 284 g/mol. The molecule has 0 aliphatic carbocycles. The van der Waals surface area contributed by atoms with E-state index in [2.05, 4.69) is 10.6 Å². The van der Waals surface area contributed by atoms with Gasteiger partial charge in [-0.3, -0.25) is 4.79 Å². The molecule has 0 aromatic heterocycles. The largest absolute Gasteiger partial charge is 0.486 e. The van der Waals surface area contributed by atoms with Crippen LogP contribution in [0.4, 0.5) is 5.69 Å². The first-order valence-corrected chi connectivity index (χ1v) is 6.19. The molecule has 20 heavy (non-hydrogen) atoms. The molecule has 2 rings (SSSR count). The summed E-state index contributed by atoms with van der Waals surface area (Å²) in [7, 11) is 1.62. The molecule has 0 atom stereocenters. The van der Waals surface area contributed by atoms with E-state index in [0.717, 1.165) is 0 Å². The van der Waals surface area contributed by atoms with Crippen molar-refractivity contribution in [3.63, 3.8) is 0 Å². The molecule has 1 aromatic rings. The lowest BCUT2D eigenvalue weighted by atomic mass is 10.2. The van der Waals surface area contributed by atoms with Crippen molar-refractivity contribution in [3.8, 4) is 11.5 Å². The molecule has 2 N–H and O–H groups in total. The number of hydrogen-bond acceptors (Lipinski definition) is 5. The number of hydrogen-bond donors (Lipinski definition) is 2. The number of benzene rings is 1. The van der Waals surface area contributed by atoms with Crippen LogP contribution in [-0.2, 0) is 9.53 Å². The quantitative estimate of drug-likeness (QED) is 0.769. The van der Waals surface area contributed by atoms with Gasteiger partial charge in [0.15, 0.2) is 11.5 Å². The predicted octanol–water partition coefficient (Wildman–Crippen LogP) is 1.05. The van der Waals surface area contributed by atoms with E-state index in [1.807, 2.05) is 12.1 Å². The van der Waals surface area contributed by atoms with Crippen LogP contribution in [0.5, 0.6) is 11.5 Å². The number of ether oxygens (including phenoxy) is 3. The highest BCUT2D eigenvalue weighted by Crippen LogP contribution is 2.37. The zero-order chi connectivity index (χ0) is 13.5. The maximum atomic E-state index is 11.8. The molecule has 0 saturated carbocycles. The summed E-state index contributed by atoms with van der Waals surface area (Å²) in [6.45, 7) is 2.46. The van der Waals surface area contributed by atoms with Crippen LogP contribution in [0.25, 0.3) is 0 Å². The van der Waals surface area contributed by atoms with Gasteiger partial charge in [0.25, 0.3) is 0 Å². The molecule has 0 unspecified atom stereocenters. The highest BCUT2D eigenvalue weighted by Gasteiger charge is 2.16. The first kappa shape index (κ1) is 16.6. The van der Waals surface area contributed by atoms with Gasteiger partial charge in [-0.1, -0.05) is 6.07 Å². The summed E-state index contributed by atoms with van der Waals surface area (Å²) in [5.41, 5.74) is 0.635. The molecule has 0 saturated heterocycles. The zero-order valence-electron chi connectivity index (χ0n) is 11.3. The van der Waals surface area contributed by atoms with Crippen molar-refractivity contribution in [1.82, 2.24) is 5.32 Å². The van der Waals surface area contributed by atoms with Gasteiger partial charge < -0.3 is 24.8 Å². The summed E-state index contributed by atoms with van der Waals surface area (Å²) in [5, 5.41) is 5.78. The fourth-order valence-corrected chi connectivity index (χ4v) is 1.74. The Kier molecular flexibility index (Phi) is 7.14. The monoisotopic (exact) mass is 302 g/mol. The van der Waals surface area contributed by atoms with Gasteiger partial charge in [0.05, 0.1) is 18.8 Å². The lowest BCUT2D eigenvalue weighted by molar-refractivity contribution is -0.115. The highest BCUT2D eigenvalue weighted by molar-refractivity contribution is 5.94. The van der Waals surface area contributed by atoms with Crippen LogP contribution in [-0.4, -0.2) is 45.9 Å². The fourth-order valence-electron chi connectivity index (χ4n) is 1.74. The van der Waals surface area contributed by atoms with Crippen LogP contribution in [0.15, 0.2) is 18.2 Å². The SMILES string of the molecule is COCCNCC(=O)Nc1cccc2c1OCCO2.Cl. The van der Waals surface area contributed by atoms with E-state index in [0.29, 0.717) is 43.6 Å². The first-order valence-electron chi connectivity index (χ1n) is 6.19. The number of rotatable bonds is 6. The molecular formula is C13H19ClN2O4. The minimum Gasteiger partial charge on any atom is -0.486 e. The molecule has 1 aromatic carbocycles. The van der Waals surface area contributed by atoms with E-state index >= 15 is 0 Å². The van der Waals surface area contributed by atoms with Gasteiger partial charge >= 0.3 is 0 Å². The molecule has 112 valence electrons. The topological polar surface area (TPSA) is 68.8 Å². The Labute approximate surface area is 124 Å². The highest BCUT2D eigenvalue weighted by atomic mass is 35.5. The van der Waals surface area contributed by atoms with E-state index in [1.54, 1.807) is 13.2 Å². The van der Waals surface area contributed by atoms with Crippen LogP contribution >= 0.6 is 12.4 Å². The van der Waals surface area contributed by atoms with Crippen molar-refractivity contribution in [2.24, 2.45) is 0 Å². The second kappa shape index (κ2) is 8.63. The van der Waals surface area contributed by atoms with E-state index in [4.69, 9.17) is 14.2 Å². The number of carbonyl (C=O) groups excluding carboxylic acids is 1. The van der Waals surface area contributed by atoms with Crippen molar-refractivity contribution >= 4 is 24.0 Å². The Bertz CT molecular complexity index is 442. The number of methoxy groups -OCH3 is 1. The zero-order valence-corrected chi connectivity index (χ0v) is 12.1. The summed E-state index contributed by atoms with van der Waals surface area (Å²) < 4.78 is 15.9. The molecule has 1 amide bonds. The van der Waals surface area contributed by atoms with Crippen LogP contribution in [0.3, 0.4) is 0 Å². The molecule has 0 bridgehead atoms. The number of nitrogens with one attached hydrogen (secondary N) is 2. The second-order valence-electron chi connectivity index (χ2n) is 4.05. The lowest BCUT2D eigenvalue weighted by Crippen LogP contribution is -2.30. The first-order chi connectivity index (χ1) is 9.31.